The third-order valence-corrected chi connectivity index (χ3v) is 1.56. The van der Waals surface area contributed by atoms with Crippen LogP contribution in [0.5, 0.6) is 0 Å². The fourth-order valence-electron chi connectivity index (χ4n) is 0.776. The van der Waals surface area contributed by atoms with Crippen molar-refractivity contribution in [3.8, 4) is 0 Å². The third-order valence-electron chi connectivity index (χ3n) is 1.37. The van der Waals surface area contributed by atoms with Crippen molar-refractivity contribution in [2.45, 2.75) is 6.54 Å². The summed E-state index contributed by atoms with van der Waals surface area (Å²) in [5, 5.41) is 3.37. The maximum absolute atomic E-state index is 10.6. The van der Waals surface area contributed by atoms with E-state index in [1.165, 1.54) is 0 Å². The van der Waals surface area contributed by atoms with E-state index in [1.807, 2.05) is 0 Å². The molecule has 0 saturated heterocycles. The van der Waals surface area contributed by atoms with Gasteiger partial charge in [0.1, 0.15) is 5.69 Å². The lowest BCUT2D eigenvalue weighted by Crippen LogP contribution is -2.05. The molecule has 12 heavy (non-hydrogen) atoms. The van der Waals surface area contributed by atoms with Crippen LogP contribution in [0.2, 0.25) is 0 Å². The highest BCUT2D eigenvalue weighted by atomic mass is 35.5. The summed E-state index contributed by atoms with van der Waals surface area (Å²) >= 11 is 5.20. The van der Waals surface area contributed by atoms with Gasteiger partial charge in [0, 0.05) is 13.3 Å². The highest BCUT2D eigenvalue weighted by Gasteiger charge is 2.04. The quantitative estimate of drug-likeness (QED) is 0.660. The molecule has 0 fully saturated rings. The minimum absolute atomic E-state index is 0.271. The molecular weight excluding hydrogens is 180 g/mol. The molecule has 0 aromatic carbocycles. The molecule has 0 unspecified atom stereocenters. The average Bonchev–Trinajstić information content (AvgIpc) is 2.48. The lowest BCUT2D eigenvalue weighted by molar-refractivity contribution is 0.107. The molecule has 0 aliphatic carbocycles. The maximum atomic E-state index is 10.6. The Bertz CT molecular complexity index is 272. The number of carbonyl (C=O) groups excluding carboxylic acids is 1. The molecule has 0 atom stereocenters. The summed E-state index contributed by atoms with van der Waals surface area (Å²) in [4.78, 5) is 10.6. The van der Waals surface area contributed by atoms with Crippen LogP contribution < -0.4 is 0 Å². The molecule has 0 N–H and O–H groups in total. The Labute approximate surface area is 75.1 Å². The summed E-state index contributed by atoms with van der Waals surface area (Å²) in [6.45, 7) is 1.19. The summed E-state index contributed by atoms with van der Waals surface area (Å²) < 4.78 is 6.45. The van der Waals surface area contributed by atoms with Gasteiger partial charge in [0.25, 0.3) is 5.24 Å². The van der Waals surface area contributed by atoms with Gasteiger partial charge in [-0.15, -0.1) is 0 Å². The van der Waals surface area contributed by atoms with Crippen LogP contribution in [-0.4, -0.2) is 28.7 Å². The summed E-state index contributed by atoms with van der Waals surface area (Å²) in [5.74, 6) is 0. The Morgan fingerprint density at radius 3 is 3.08 bits per heavy atom. The van der Waals surface area contributed by atoms with Crippen LogP contribution in [0.3, 0.4) is 0 Å². The van der Waals surface area contributed by atoms with Gasteiger partial charge >= 0.3 is 0 Å². The predicted octanol–water partition coefficient (Wildman–Crippen LogP) is 0.909. The van der Waals surface area contributed by atoms with E-state index in [1.54, 1.807) is 24.1 Å². The number of methoxy groups -OCH3 is 1. The number of halogens is 1. The Hall–Kier alpha value is -0.870. The van der Waals surface area contributed by atoms with Gasteiger partial charge in [-0.3, -0.25) is 9.48 Å². The third kappa shape index (κ3) is 2.32. The van der Waals surface area contributed by atoms with Crippen LogP contribution in [0.1, 0.15) is 10.5 Å². The van der Waals surface area contributed by atoms with Gasteiger partial charge in [-0.1, -0.05) is 0 Å². The van der Waals surface area contributed by atoms with E-state index in [4.69, 9.17) is 16.3 Å². The smallest absolute Gasteiger partial charge is 0.272 e. The number of hydrogen-bond donors (Lipinski definition) is 0. The Balaban J connectivity index is 2.58. The van der Waals surface area contributed by atoms with E-state index in [9.17, 15) is 4.79 Å². The molecule has 1 heterocycles. The Morgan fingerprint density at radius 2 is 2.58 bits per heavy atom. The molecule has 0 spiro atoms. The standard InChI is InChI=1S/C7H9ClN2O2/c1-12-5-4-10-3-2-6(9-10)7(8)11/h2-3H,4-5H2,1H3. The Kier molecular flexibility index (Phi) is 3.25. The second-order valence-corrected chi connectivity index (χ2v) is 2.57. The zero-order valence-corrected chi connectivity index (χ0v) is 7.41. The van der Waals surface area contributed by atoms with Crippen molar-refractivity contribution in [1.82, 2.24) is 9.78 Å². The van der Waals surface area contributed by atoms with Crippen LogP contribution in [0.4, 0.5) is 0 Å². The van der Waals surface area contributed by atoms with Crippen molar-refractivity contribution in [3.05, 3.63) is 18.0 Å². The molecule has 4 nitrogen and oxygen atoms in total. The topological polar surface area (TPSA) is 44.1 Å². The normalized spacial score (nSPS) is 10.2. The second-order valence-electron chi connectivity index (χ2n) is 2.23. The van der Waals surface area contributed by atoms with Gasteiger partial charge in [0.05, 0.1) is 13.2 Å². The van der Waals surface area contributed by atoms with Gasteiger partial charge in [0.2, 0.25) is 0 Å². The van der Waals surface area contributed by atoms with Crippen molar-refractivity contribution in [1.29, 1.82) is 0 Å². The van der Waals surface area contributed by atoms with Gasteiger partial charge in [-0.25, -0.2) is 0 Å². The van der Waals surface area contributed by atoms with E-state index in [0.29, 0.717) is 13.2 Å². The fourth-order valence-corrected chi connectivity index (χ4v) is 0.877. The van der Waals surface area contributed by atoms with E-state index >= 15 is 0 Å². The molecule has 0 saturated carbocycles. The molecule has 5 heteroatoms. The average molecular weight is 189 g/mol. The molecule has 1 aromatic rings. The summed E-state index contributed by atoms with van der Waals surface area (Å²) in [7, 11) is 1.61. The zero-order valence-electron chi connectivity index (χ0n) is 6.66. The van der Waals surface area contributed by atoms with Crippen LogP contribution in [-0.2, 0) is 11.3 Å². The Morgan fingerprint density at radius 1 is 1.83 bits per heavy atom. The van der Waals surface area contributed by atoms with Crippen molar-refractivity contribution in [2.75, 3.05) is 13.7 Å². The minimum atomic E-state index is -0.536. The zero-order chi connectivity index (χ0) is 8.97. The van der Waals surface area contributed by atoms with Crippen LogP contribution in [0.15, 0.2) is 12.3 Å². The highest BCUT2D eigenvalue weighted by molar-refractivity contribution is 6.67. The first-order chi connectivity index (χ1) is 5.74. The lowest BCUT2D eigenvalue weighted by Gasteiger charge is -1.97. The number of ether oxygens (including phenoxy) is 1. The van der Waals surface area contributed by atoms with E-state index < -0.39 is 5.24 Å². The van der Waals surface area contributed by atoms with Crippen LogP contribution in [0.25, 0.3) is 0 Å². The molecule has 0 radical (unpaired) electrons. The number of aromatic nitrogens is 2. The van der Waals surface area contributed by atoms with Gasteiger partial charge in [-0.2, -0.15) is 5.10 Å². The van der Waals surface area contributed by atoms with E-state index in [-0.39, 0.29) is 5.69 Å². The van der Waals surface area contributed by atoms with Crippen molar-refractivity contribution < 1.29 is 9.53 Å². The fraction of sp³-hybridized carbons (Fsp3) is 0.429. The summed E-state index contributed by atoms with van der Waals surface area (Å²) in [5.41, 5.74) is 0.271. The molecular formula is C7H9ClN2O2. The number of carbonyl (C=O) groups is 1. The molecule has 1 aromatic heterocycles. The highest BCUT2D eigenvalue weighted by Crippen LogP contribution is 1.99. The first kappa shape index (κ1) is 9.22. The van der Waals surface area contributed by atoms with Gasteiger partial charge in [-0.05, 0) is 17.7 Å². The van der Waals surface area contributed by atoms with Crippen molar-refractivity contribution in [3.63, 3.8) is 0 Å². The maximum Gasteiger partial charge on any atom is 0.272 e. The van der Waals surface area contributed by atoms with E-state index in [2.05, 4.69) is 5.10 Å². The van der Waals surface area contributed by atoms with Crippen molar-refractivity contribution >= 4 is 16.8 Å². The molecule has 0 bridgehead atoms. The predicted molar refractivity (Wildman–Crippen MR) is 44.3 cm³/mol. The largest absolute Gasteiger partial charge is 0.383 e. The first-order valence-corrected chi connectivity index (χ1v) is 3.84. The number of nitrogens with zero attached hydrogens (tertiary/aromatic N) is 2. The van der Waals surface area contributed by atoms with Crippen LogP contribution in [0, 0.1) is 0 Å². The SMILES string of the molecule is COCCn1ccc(C(=O)Cl)n1. The van der Waals surface area contributed by atoms with E-state index in [0.717, 1.165) is 0 Å². The molecule has 0 aliphatic heterocycles. The minimum Gasteiger partial charge on any atom is -0.383 e. The first-order valence-electron chi connectivity index (χ1n) is 3.46. The van der Waals surface area contributed by atoms with Crippen LogP contribution >= 0.6 is 11.6 Å². The number of rotatable bonds is 4. The van der Waals surface area contributed by atoms with Gasteiger partial charge in [0.15, 0.2) is 0 Å². The summed E-state index contributed by atoms with van der Waals surface area (Å²) in [6.07, 6.45) is 1.69. The molecule has 0 aliphatic rings. The molecule has 66 valence electrons. The number of hydrogen-bond acceptors (Lipinski definition) is 3. The van der Waals surface area contributed by atoms with Gasteiger partial charge < -0.3 is 4.74 Å². The molecule has 1 rings (SSSR count). The monoisotopic (exact) mass is 188 g/mol. The van der Waals surface area contributed by atoms with Crippen molar-refractivity contribution in [2.24, 2.45) is 0 Å². The molecule has 0 amide bonds. The second kappa shape index (κ2) is 4.23. The summed E-state index contributed by atoms with van der Waals surface area (Å²) in [6, 6.07) is 1.57. The lowest BCUT2D eigenvalue weighted by atomic mass is 10.5.